The molecule has 0 fully saturated rings. The Kier molecular flexibility index (Phi) is 5.15. The molecule has 6 heteroatoms. The summed E-state index contributed by atoms with van der Waals surface area (Å²) in [4.78, 5) is 22.6. The van der Waals surface area contributed by atoms with Crippen molar-refractivity contribution < 1.29 is 15.2 Å². The van der Waals surface area contributed by atoms with E-state index in [1.807, 2.05) is 32.0 Å². The van der Waals surface area contributed by atoms with Crippen LogP contribution in [0.5, 0.6) is 0 Å². The molecule has 0 saturated carbocycles. The Bertz CT molecular complexity index is 683. The lowest BCUT2D eigenvalue weighted by atomic mass is 10.1. The Balaban J connectivity index is 0.00000220. The molecule has 0 aliphatic rings. The van der Waals surface area contributed by atoms with Crippen molar-refractivity contribution in [1.29, 1.82) is 0 Å². The zero-order valence-electron chi connectivity index (χ0n) is 11.7. The Morgan fingerprint density at radius 1 is 1.14 bits per heavy atom. The summed E-state index contributed by atoms with van der Waals surface area (Å²) in [5.74, 6) is -0.481. The number of anilines is 1. The van der Waals surface area contributed by atoms with Gasteiger partial charge in [0.05, 0.1) is 4.92 Å². The first kappa shape index (κ1) is 16.3. The monoisotopic (exact) mass is 288 g/mol. The molecule has 2 aromatic rings. The first-order valence-corrected chi connectivity index (χ1v) is 6.11. The average molecular weight is 288 g/mol. The van der Waals surface area contributed by atoms with Crippen LogP contribution in [0.15, 0.2) is 42.5 Å². The third kappa shape index (κ3) is 3.64. The second-order valence-electron chi connectivity index (χ2n) is 4.55. The molecule has 0 unspecified atom stereocenters. The highest BCUT2D eigenvalue weighted by molar-refractivity contribution is 6.07. The van der Waals surface area contributed by atoms with E-state index in [2.05, 4.69) is 5.32 Å². The minimum Gasteiger partial charge on any atom is -0.412 e. The highest BCUT2D eigenvalue weighted by atomic mass is 16.6. The Morgan fingerprint density at radius 2 is 1.81 bits per heavy atom. The number of rotatable bonds is 3. The van der Waals surface area contributed by atoms with Crippen LogP contribution in [0.1, 0.15) is 21.5 Å². The van der Waals surface area contributed by atoms with Crippen molar-refractivity contribution >= 4 is 17.3 Å². The van der Waals surface area contributed by atoms with Crippen LogP contribution in [0.4, 0.5) is 11.4 Å². The van der Waals surface area contributed by atoms with Gasteiger partial charge in [-0.25, -0.2) is 0 Å². The van der Waals surface area contributed by atoms with Gasteiger partial charge in [-0.1, -0.05) is 24.3 Å². The number of carbonyl (C=O) groups is 1. The molecular weight excluding hydrogens is 272 g/mol. The molecule has 6 nitrogen and oxygen atoms in total. The highest BCUT2D eigenvalue weighted by Gasteiger charge is 2.19. The molecule has 0 spiro atoms. The molecule has 21 heavy (non-hydrogen) atoms. The van der Waals surface area contributed by atoms with Crippen LogP contribution in [-0.4, -0.2) is 16.3 Å². The molecular formula is C15H16N2O4. The number of para-hydroxylation sites is 1. The normalized spacial score (nSPS) is 9.62. The van der Waals surface area contributed by atoms with Gasteiger partial charge in [0.2, 0.25) is 0 Å². The largest absolute Gasteiger partial charge is 0.412 e. The Hall–Kier alpha value is -2.73. The second kappa shape index (κ2) is 6.62. The van der Waals surface area contributed by atoms with E-state index in [0.29, 0.717) is 5.69 Å². The number of hydrogen-bond acceptors (Lipinski definition) is 3. The summed E-state index contributed by atoms with van der Waals surface area (Å²) in [6.45, 7) is 3.79. The maximum Gasteiger partial charge on any atom is 0.282 e. The van der Waals surface area contributed by atoms with Gasteiger partial charge in [-0.05, 0) is 37.1 Å². The van der Waals surface area contributed by atoms with Crippen molar-refractivity contribution in [3.05, 3.63) is 69.3 Å². The van der Waals surface area contributed by atoms with E-state index in [1.165, 1.54) is 18.2 Å². The Labute approximate surface area is 121 Å². The molecule has 0 aliphatic heterocycles. The van der Waals surface area contributed by atoms with Crippen LogP contribution in [0.2, 0.25) is 0 Å². The Morgan fingerprint density at radius 3 is 2.48 bits per heavy atom. The first-order valence-electron chi connectivity index (χ1n) is 6.11. The van der Waals surface area contributed by atoms with Gasteiger partial charge < -0.3 is 10.8 Å². The minimum atomic E-state index is -0.558. The van der Waals surface area contributed by atoms with E-state index >= 15 is 0 Å². The van der Waals surface area contributed by atoms with Gasteiger partial charge in [-0.3, -0.25) is 14.9 Å². The third-order valence-electron chi connectivity index (χ3n) is 2.99. The number of nitrogens with one attached hydrogen (secondary N) is 1. The molecule has 2 rings (SSSR count). The van der Waals surface area contributed by atoms with Crippen molar-refractivity contribution in [1.82, 2.24) is 0 Å². The van der Waals surface area contributed by atoms with Gasteiger partial charge >= 0.3 is 0 Å². The van der Waals surface area contributed by atoms with E-state index in [0.717, 1.165) is 11.1 Å². The van der Waals surface area contributed by atoms with Gasteiger partial charge in [0, 0.05) is 11.8 Å². The number of nitro benzene ring substituents is 1. The molecule has 110 valence electrons. The van der Waals surface area contributed by atoms with Crippen LogP contribution in [-0.2, 0) is 0 Å². The number of nitrogens with zero attached hydrogens (tertiary/aromatic N) is 1. The average Bonchev–Trinajstić information content (AvgIpc) is 2.42. The van der Waals surface area contributed by atoms with Crippen LogP contribution >= 0.6 is 0 Å². The lowest BCUT2D eigenvalue weighted by molar-refractivity contribution is -0.385. The predicted molar refractivity (Wildman–Crippen MR) is 80.6 cm³/mol. The number of amides is 1. The molecule has 0 aliphatic carbocycles. The molecule has 1 amide bonds. The summed E-state index contributed by atoms with van der Waals surface area (Å²) >= 11 is 0. The quantitative estimate of drug-likeness (QED) is 0.693. The second-order valence-corrected chi connectivity index (χ2v) is 4.55. The maximum atomic E-state index is 12.2. The van der Waals surface area contributed by atoms with E-state index in [4.69, 9.17) is 0 Å². The van der Waals surface area contributed by atoms with E-state index in [1.54, 1.807) is 6.07 Å². The fourth-order valence-electron chi connectivity index (χ4n) is 1.89. The molecule has 0 bridgehead atoms. The maximum absolute atomic E-state index is 12.2. The van der Waals surface area contributed by atoms with Crippen LogP contribution < -0.4 is 5.32 Å². The van der Waals surface area contributed by atoms with Crippen LogP contribution in [0.3, 0.4) is 0 Å². The van der Waals surface area contributed by atoms with Crippen molar-refractivity contribution in [2.24, 2.45) is 0 Å². The summed E-state index contributed by atoms with van der Waals surface area (Å²) in [6.07, 6.45) is 0. The number of hydrogen-bond donors (Lipinski definition) is 1. The molecule has 0 heterocycles. The SMILES string of the molecule is Cc1ccc(C)c(NC(=O)c2ccccc2[N+](=O)[O-])c1.O. The predicted octanol–water partition coefficient (Wildman–Crippen LogP) is 2.64. The smallest absolute Gasteiger partial charge is 0.282 e. The third-order valence-corrected chi connectivity index (χ3v) is 2.99. The topological polar surface area (TPSA) is 104 Å². The number of aryl methyl sites for hydroxylation is 2. The summed E-state index contributed by atoms with van der Waals surface area (Å²) in [5.41, 5.74) is 2.43. The van der Waals surface area contributed by atoms with E-state index < -0.39 is 10.8 Å². The first-order chi connectivity index (χ1) is 9.49. The van der Waals surface area contributed by atoms with Gasteiger partial charge in [0.15, 0.2) is 0 Å². The molecule has 0 saturated heterocycles. The van der Waals surface area contributed by atoms with Gasteiger partial charge in [0.25, 0.3) is 11.6 Å². The molecule has 2 aromatic carbocycles. The van der Waals surface area contributed by atoms with Gasteiger partial charge in [-0.2, -0.15) is 0 Å². The standard InChI is InChI=1S/C15H14N2O3.H2O/c1-10-7-8-11(2)13(9-10)16-15(18)12-5-3-4-6-14(12)17(19)20;/h3-9H,1-2H3,(H,16,18);1H2. The molecule has 0 atom stereocenters. The van der Waals surface area contributed by atoms with Crippen LogP contribution in [0, 0.1) is 24.0 Å². The van der Waals surface area contributed by atoms with Crippen molar-refractivity contribution in [3.8, 4) is 0 Å². The fourth-order valence-corrected chi connectivity index (χ4v) is 1.89. The number of carbonyl (C=O) groups excluding carboxylic acids is 1. The molecule has 3 N–H and O–H groups in total. The highest BCUT2D eigenvalue weighted by Crippen LogP contribution is 2.21. The van der Waals surface area contributed by atoms with Gasteiger partial charge in [-0.15, -0.1) is 0 Å². The lowest BCUT2D eigenvalue weighted by Gasteiger charge is -2.09. The van der Waals surface area contributed by atoms with Crippen LogP contribution in [0.25, 0.3) is 0 Å². The number of benzene rings is 2. The molecule has 0 radical (unpaired) electrons. The van der Waals surface area contributed by atoms with Crippen molar-refractivity contribution in [2.75, 3.05) is 5.32 Å². The van der Waals surface area contributed by atoms with Crippen molar-refractivity contribution in [3.63, 3.8) is 0 Å². The summed E-state index contributed by atoms with van der Waals surface area (Å²) in [7, 11) is 0. The van der Waals surface area contributed by atoms with Crippen molar-refractivity contribution in [2.45, 2.75) is 13.8 Å². The zero-order valence-corrected chi connectivity index (χ0v) is 11.7. The summed E-state index contributed by atoms with van der Waals surface area (Å²) in [6, 6.07) is 11.6. The lowest BCUT2D eigenvalue weighted by Crippen LogP contribution is -2.14. The summed E-state index contributed by atoms with van der Waals surface area (Å²) < 4.78 is 0. The molecule has 0 aromatic heterocycles. The van der Waals surface area contributed by atoms with E-state index in [-0.39, 0.29) is 16.7 Å². The van der Waals surface area contributed by atoms with E-state index in [9.17, 15) is 14.9 Å². The fraction of sp³-hybridized carbons (Fsp3) is 0.133. The minimum absolute atomic E-state index is 0. The van der Waals surface area contributed by atoms with Gasteiger partial charge in [0.1, 0.15) is 5.56 Å². The zero-order chi connectivity index (χ0) is 14.7. The summed E-state index contributed by atoms with van der Waals surface area (Å²) in [5, 5.41) is 13.6. The number of nitro groups is 1.